The molecule has 0 radical (unpaired) electrons. The average molecular weight is 1180 g/mol. The van der Waals surface area contributed by atoms with Gasteiger partial charge in [0.1, 0.15) is 60.5 Å². The van der Waals surface area contributed by atoms with Crippen LogP contribution in [0.1, 0.15) is 86.3 Å². The maximum absolute atomic E-state index is 14.7. The standard InChI is InChI=1S/C66H72F2N8O10/c1-39(77)55(69-7)61(81)71-51(63(83)75-37-65(3,4)57-53(75)35-45(59(79)73-57)31-41-13-21-47(67)22-14-41)33-43-17-25-49(26-18-43)85-29-11-9-10-12-30-86-50-27-19-44(20-28-50)34-52(72-62(82)56(70-8)40(2)78)64(84)76-38-66(5,6)58-54(76)36-46(60(80)74-58)32-42-15-23-48(68)24-16-42/h13-28,35-36,39-40,51-52,55-56,69-70,77-78H,29-34,37-38H2,1-8H3,(H,71,81)(H,72,82)(H,73,79)(H,74,80)/t39-,40-,51-,52-,55+,56+/m0/s1. The zero-order valence-corrected chi connectivity index (χ0v) is 49.3. The summed E-state index contributed by atoms with van der Waals surface area (Å²) in [6.07, 6.45) is -1.58. The Kier molecular flexibility index (Phi) is 20.1. The van der Waals surface area contributed by atoms with Crippen LogP contribution in [0.5, 0.6) is 11.5 Å². The molecular formula is C66H72F2N8O10. The highest BCUT2D eigenvalue weighted by molar-refractivity contribution is 6.03. The fraction of sp³-hybridized carbons (Fsp3) is 0.364. The number of fused-ring (bicyclic) bond motifs is 2. The first-order valence-corrected chi connectivity index (χ1v) is 28.3. The highest BCUT2D eigenvalue weighted by Gasteiger charge is 2.44. The molecule has 18 nitrogen and oxygen atoms in total. The number of aliphatic hydroxyl groups excluding tert-OH is 2. The van der Waals surface area contributed by atoms with E-state index in [9.17, 15) is 47.8 Å². The third-order valence-electron chi connectivity index (χ3n) is 15.4. The smallest absolute Gasteiger partial charge is 0.251 e. The summed E-state index contributed by atoms with van der Waals surface area (Å²) in [7, 11) is 3.08. The molecule has 20 heteroatoms. The average Bonchev–Trinajstić information content (AvgIpc) is 2.81. The predicted molar refractivity (Wildman–Crippen MR) is 323 cm³/mol. The number of likely N-dealkylation sites (N-methyl/N-ethyl adjacent to an activating group) is 2. The highest BCUT2D eigenvalue weighted by Crippen LogP contribution is 2.41. The van der Waals surface area contributed by atoms with Gasteiger partial charge in [-0.15, -0.1) is 0 Å². The van der Waals surface area contributed by atoms with Gasteiger partial charge in [-0.05, 0) is 135 Å². The third-order valence-corrected chi connectivity index (χ3v) is 15.4. The minimum atomic E-state index is -1.09. The number of aromatic nitrogens is 2. The van der Waals surface area contributed by atoms with Crippen LogP contribution >= 0.6 is 0 Å². The molecule has 2 aliphatic heterocycles. The summed E-state index contributed by atoms with van der Waals surface area (Å²) in [6, 6.07) is 24.8. The molecule has 2 aromatic heterocycles. The fourth-order valence-electron chi connectivity index (χ4n) is 10.8. The molecule has 2 aliphatic rings. The van der Waals surface area contributed by atoms with E-state index in [1.807, 2.05) is 27.7 Å². The van der Waals surface area contributed by atoms with Crippen LogP contribution in [0, 0.1) is 35.3 Å². The van der Waals surface area contributed by atoms with Gasteiger partial charge in [-0.25, -0.2) is 8.78 Å². The van der Waals surface area contributed by atoms with Gasteiger partial charge < -0.3 is 60.7 Å². The second-order valence-electron chi connectivity index (χ2n) is 23.0. The van der Waals surface area contributed by atoms with Gasteiger partial charge in [-0.3, -0.25) is 28.8 Å². The number of carbonyl (C=O) groups excluding carboxylic acids is 4. The Balaban J connectivity index is 0.877. The molecule has 4 heterocycles. The molecule has 0 spiro atoms. The molecule has 0 bridgehead atoms. The van der Waals surface area contributed by atoms with Crippen LogP contribution in [0.25, 0.3) is 0 Å². The molecule has 0 saturated heterocycles. The number of ether oxygens (including phenoxy) is 2. The number of hydrogen-bond donors (Lipinski definition) is 8. The second kappa shape index (κ2) is 27.4. The number of anilines is 2. The van der Waals surface area contributed by atoms with E-state index in [-0.39, 0.29) is 63.1 Å². The van der Waals surface area contributed by atoms with E-state index in [2.05, 4.69) is 54.9 Å². The van der Waals surface area contributed by atoms with E-state index in [0.29, 0.717) is 67.6 Å². The van der Waals surface area contributed by atoms with Crippen LogP contribution in [0.3, 0.4) is 0 Å². The lowest BCUT2D eigenvalue weighted by Gasteiger charge is -2.28. The van der Waals surface area contributed by atoms with Crippen molar-refractivity contribution in [2.45, 2.75) is 114 Å². The maximum Gasteiger partial charge on any atom is 0.251 e. The lowest BCUT2D eigenvalue weighted by Crippen LogP contribution is -2.56. The Morgan fingerprint density at radius 3 is 1.23 bits per heavy atom. The van der Waals surface area contributed by atoms with Crippen molar-refractivity contribution < 1.29 is 47.6 Å². The Morgan fingerprint density at radius 2 is 0.907 bits per heavy atom. The van der Waals surface area contributed by atoms with Gasteiger partial charge in [0, 0.05) is 72.1 Å². The lowest BCUT2D eigenvalue weighted by atomic mass is 9.91. The molecule has 8 rings (SSSR count). The van der Waals surface area contributed by atoms with Gasteiger partial charge in [-0.2, -0.15) is 0 Å². The number of pyridine rings is 2. The normalized spacial score (nSPS) is 15.7. The zero-order valence-electron chi connectivity index (χ0n) is 49.3. The molecule has 4 aromatic carbocycles. The van der Waals surface area contributed by atoms with Crippen molar-refractivity contribution in [1.29, 1.82) is 0 Å². The molecule has 450 valence electrons. The Bertz CT molecular complexity index is 3450. The van der Waals surface area contributed by atoms with E-state index < -0.39 is 82.5 Å². The molecule has 0 unspecified atom stereocenters. The first-order chi connectivity index (χ1) is 40.9. The van der Waals surface area contributed by atoms with Crippen molar-refractivity contribution in [1.82, 2.24) is 31.2 Å². The SMILES string of the molecule is CN[C@@H](C(=O)N[C@@H](Cc1ccc(OCC#CC#CCOc2ccc(C[C@H](NC(=O)[C@H](NC)[C@H](C)O)C(=O)N3CC(C)(C)c4[nH]c(=O)c(Cc5ccc(F)cc5)cc43)cc2)cc1)C(=O)N1CC(C)(C)c2[nH]c(=O)c(Cc3ccc(F)cc3)cc21)[C@H](C)O. The van der Waals surface area contributed by atoms with Crippen molar-refractivity contribution >= 4 is 35.0 Å². The molecular weight excluding hydrogens is 1100 g/mol. The number of H-pyrrole nitrogens is 2. The quantitative estimate of drug-likeness (QED) is 0.0434. The van der Waals surface area contributed by atoms with Crippen molar-refractivity contribution in [3.05, 3.63) is 186 Å². The number of aromatic amines is 2. The summed E-state index contributed by atoms with van der Waals surface area (Å²) < 4.78 is 39.0. The first-order valence-electron chi connectivity index (χ1n) is 28.3. The number of halogens is 2. The van der Waals surface area contributed by atoms with Gasteiger partial charge >= 0.3 is 0 Å². The predicted octanol–water partition coefficient (Wildman–Crippen LogP) is 4.63. The molecule has 0 saturated carbocycles. The molecule has 6 aromatic rings. The monoisotopic (exact) mass is 1170 g/mol. The van der Waals surface area contributed by atoms with Gasteiger partial charge in [0.15, 0.2) is 0 Å². The molecule has 4 amide bonds. The lowest BCUT2D eigenvalue weighted by molar-refractivity contribution is -0.130. The Hall–Kier alpha value is -8.92. The summed E-state index contributed by atoms with van der Waals surface area (Å²) in [5.41, 5.74) is 3.80. The van der Waals surface area contributed by atoms with Gasteiger partial charge in [0.05, 0.1) is 23.6 Å². The van der Waals surface area contributed by atoms with Crippen molar-refractivity contribution in [2.24, 2.45) is 0 Å². The number of rotatable bonds is 22. The Morgan fingerprint density at radius 1 is 0.570 bits per heavy atom. The zero-order chi connectivity index (χ0) is 62.0. The minimum Gasteiger partial charge on any atom is -0.481 e. The second-order valence-corrected chi connectivity index (χ2v) is 23.0. The number of nitrogens with one attached hydrogen (secondary N) is 6. The molecule has 6 atom stereocenters. The summed E-state index contributed by atoms with van der Waals surface area (Å²) in [5.74, 6) is 9.38. The maximum atomic E-state index is 14.7. The number of amides is 4. The largest absolute Gasteiger partial charge is 0.481 e. The van der Waals surface area contributed by atoms with Crippen LogP contribution in [0.15, 0.2) is 119 Å². The first kappa shape index (κ1) is 63.1. The van der Waals surface area contributed by atoms with E-state index in [0.717, 1.165) is 0 Å². The van der Waals surface area contributed by atoms with Crippen LogP contribution in [0.2, 0.25) is 0 Å². The summed E-state index contributed by atoms with van der Waals surface area (Å²) >= 11 is 0. The van der Waals surface area contributed by atoms with Crippen molar-refractivity contribution in [2.75, 3.05) is 50.2 Å². The van der Waals surface area contributed by atoms with Crippen LogP contribution in [0.4, 0.5) is 20.2 Å². The van der Waals surface area contributed by atoms with Crippen LogP contribution in [-0.2, 0) is 55.7 Å². The van der Waals surface area contributed by atoms with Gasteiger partial charge in [0.25, 0.3) is 11.1 Å². The number of benzene rings is 4. The molecule has 86 heavy (non-hydrogen) atoms. The van der Waals surface area contributed by atoms with Gasteiger partial charge in [-0.1, -0.05) is 76.2 Å². The number of nitrogens with zero attached hydrogens (tertiary/aromatic N) is 2. The highest BCUT2D eigenvalue weighted by atomic mass is 19.1. The summed E-state index contributed by atoms with van der Waals surface area (Å²) in [6.45, 7) is 11.0. The minimum absolute atomic E-state index is 0.00630. The molecule has 0 fully saturated rings. The Labute approximate surface area is 498 Å². The fourth-order valence-corrected chi connectivity index (χ4v) is 10.8. The van der Waals surface area contributed by atoms with Crippen LogP contribution in [-0.4, -0.2) is 121 Å². The molecule has 0 aliphatic carbocycles. The van der Waals surface area contributed by atoms with Crippen LogP contribution < -0.4 is 51.7 Å². The van der Waals surface area contributed by atoms with E-state index in [4.69, 9.17) is 9.47 Å². The summed E-state index contributed by atoms with van der Waals surface area (Å²) in [5, 5.41) is 32.1. The van der Waals surface area contributed by atoms with E-state index in [1.165, 1.54) is 52.2 Å². The van der Waals surface area contributed by atoms with Gasteiger partial charge in [0.2, 0.25) is 23.6 Å². The topological polar surface area (TPSA) is 248 Å². The van der Waals surface area contributed by atoms with E-state index in [1.54, 1.807) is 94.7 Å². The number of aliphatic hydroxyl groups is 2. The number of carbonyl (C=O) groups is 4. The summed E-state index contributed by atoms with van der Waals surface area (Å²) in [4.78, 5) is 92.2. The van der Waals surface area contributed by atoms with Crippen molar-refractivity contribution in [3.8, 4) is 35.2 Å². The molecule has 8 N–H and O–H groups in total. The third kappa shape index (κ3) is 15.3. The van der Waals surface area contributed by atoms with E-state index >= 15 is 0 Å². The van der Waals surface area contributed by atoms with Crippen molar-refractivity contribution in [3.63, 3.8) is 0 Å². The number of hydrogen-bond acceptors (Lipinski definition) is 12.